The molecule has 3 aromatic rings. The second-order valence-corrected chi connectivity index (χ2v) is 4.57. The third kappa shape index (κ3) is 2.65. The van der Waals surface area contributed by atoms with Gasteiger partial charge in [-0.1, -0.05) is 30.3 Å². The van der Waals surface area contributed by atoms with Crippen molar-refractivity contribution in [3.63, 3.8) is 0 Å². The van der Waals surface area contributed by atoms with Crippen LogP contribution in [0.3, 0.4) is 0 Å². The molecule has 1 unspecified atom stereocenters. The molecule has 4 heteroatoms. The fourth-order valence-corrected chi connectivity index (χ4v) is 2.15. The Labute approximate surface area is 117 Å². The second kappa shape index (κ2) is 5.75. The summed E-state index contributed by atoms with van der Waals surface area (Å²) >= 11 is 0. The maximum Gasteiger partial charge on any atom is 0.120 e. The van der Waals surface area contributed by atoms with Gasteiger partial charge in [-0.3, -0.25) is 5.10 Å². The summed E-state index contributed by atoms with van der Waals surface area (Å²) in [7, 11) is 1.69. The molecule has 4 nitrogen and oxygen atoms in total. The summed E-state index contributed by atoms with van der Waals surface area (Å²) in [6.45, 7) is 0.476. The maximum atomic E-state index is 5.82. The van der Waals surface area contributed by atoms with Crippen LogP contribution in [0.4, 0.5) is 0 Å². The van der Waals surface area contributed by atoms with Crippen LogP contribution in [0.1, 0.15) is 11.7 Å². The summed E-state index contributed by atoms with van der Waals surface area (Å²) in [6.07, 6.45) is 1.71. The number of hydrogen-bond acceptors (Lipinski definition) is 3. The molecule has 1 N–H and O–H groups in total. The van der Waals surface area contributed by atoms with E-state index in [-0.39, 0.29) is 6.10 Å². The molecule has 0 amide bonds. The molecule has 20 heavy (non-hydrogen) atoms. The number of H-pyrrole nitrogens is 1. The van der Waals surface area contributed by atoms with E-state index in [0.717, 1.165) is 22.2 Å². The predicted octanol–water partition coefficient (Wildman–Crippen LogP) is 3.33. The third-order valence-electron chi connectivity index (χ3n) is 3.27. The number of methoxy groups -OCH3 is 1. The minimum absolute atomic E-state index is 0.0729. The van der Waals surface area contributed by atoms with E-state index < -0.39 is 0 Å². The molecule has 0 fully saturated rings. The molecule has 0 aliphatic rings. The zero-order valence-electron chi connectivity index (χ0n) is 11.2. The monoisotopic (exact) mass is 268 g/mol. The van der Waals surface area contributed by atoms with Crippen LogP contribution in [-0.2, 0) is 4.74 Å². The van der Waals surface area contributed by atoms with E-state index in [1.165, 1.54) is 0 Å². The van der Waals surface area contributed by atoms with Crippen LogP contribution >= 0.6 is 0 Å². The van der Waals surface area contributed by atoms with Crippen LogP contribution in [0.25, 0.3) is 10.9 Å². The highest BCUT2D eigenvalue weighted by Crippen LogP contribution is 2.22. The number of benzene rings is 2. The van der Waals surface area contributed by atoms with Crippen molar-refractivity contribution in [2.24, 2.45) is 0 Å². The topological polar surface area (TPSA) is 47.1 Å². The average Bonchev–Trinajstić information content (AvgIpc) is 2.96. The molecule has 0 saturated carbocycles. The summed E-state index contributed by atoms with van der Waals surface area (Å²) < 4.78 is 11.3. The van der Waals surface area contributed by atoms with Crippen LogP contribution in [0.2, 0.25) is 0 Å². The lowest BCUT2D eigenvalue weighted by Crippen LogP contribution is -2.12. The van der Waals surface area contributed by atoms with E-state index in [2.05, 4.69) is 10.2 Å². The van der Waals surface area contributed by atoms with Gasteiger partial charge < -0.3 is 9.47 Å². The number of rotatable bonds is 5. The maximum absolute atomic E-state index is 5.82. The summed E-state index contributed by atoms with van der Waals surface area (Å²) in [5.41, 5.74) is 2.11. The fraction of sp³-hybridized carbons (Fsp3) is 0.188. The molecule has 1 aromatic heterocycles. The van der Waals surface area contributed by atoms with Crippen LogP contribution in [0.15, 0.2) is 54.7 Å². The van der Waals surface area contributed by atoms with Gasteiger partial charge in [-0.15, -0.1) is 0 Å². The highest BCUT2D eigenvalue weighted by molar-refractivity contribution is 5.79. The van der Waals surface area contributed by atoms with Gasteiger partial charge in [0.1, 0.15) is 18.5 Å². The standard InChI is InChI=1S/C16H16N2O2/c1-19-16(12-5-3-2-4-6-12)11-20-14-7-8-15-13(9-14)10-17-18-15/h2-10,16H,11H2,1H3,(H,17,18). The second-order valence-electron chi connectivity index (χ2n) is 4.57. The Morgan fingerprint density at radius 2 is 2.00 bits per heavy atom. The molecule has 2 aromatic carbocycles. The van der Waals surface area contributed by atoms with Crippen LogP contribution < -0.4 is 4.74 Å². The molecule has 0 bridgehead atoms. The number of aromatic nitrogens is 2. The van der Waals surface area contributed by atoms with Crippen molar-refractivity contribution < 1.29 is 9.47 Å². The molecule has 1 heterocycles. The first-order valence-corrected chi connectivity index (χ1v) is 6.50. The lowest BCUT2D eigenvalue weighted by molar-refractivity contribution is 0.0576. The van der Waals surface area contributed by atoms with Gasteiger partial charge in [-0.25, -0.2) is 0 Å². The molecule has 0 radical (unpaired) electrons. The van der Waals surface area contributed by atoms with Gasteiger partial charge in [-0.2, -0.15) is 5.10 Å². The Morgan fingerprint density at radius 3 is 2.80 bits per heavy atom. The number of nitrogens with one attached hydrogen (secondary N) is 1. The van der Waals surface area contributed by atoms with Gasteiger partial charge in [-0.05, 0) is 23.8 Å². The predicted molar refractivity (Wildman–Crippen MR) is 77.8 cm³/mol. The number of nitrogens with zero attached hydrogens (tertiary/aromatic N) is 1. The first kappa shape index (κ1) is 12.7. The number of ether oxygens (including phenoxy) is 2. The zero-order valence-corrected chi connectivity index (χ0v) is 11.2. The van der Waals surface area contributed by atoms with Crippen molar-refractivity contribution in [3.8, 4) is 5.75 Å². The van der Waals surface area contributed by atoms with Crippen LogP contribution in [0, 0.1) is 0 Å². The third-order valence-corrected chi connectivity index (χ3v) is 3.27. The lowest BCUT2D eigenvalue weighted by atomic mass is 10.1. The molecular weight excluding hydrogens is 252 g/mol. The van der Waals surface area contributed by atoms with Crippen molar-refractivity contribution in [1.29, 1.82) is 0 Å². The summed E-state index contributed by atoms with van der Waals surface area (Å²) in [4.78, 5) is 0. The molecule has 0 aliphatic heterocycles. The van der Waals surface area contributed by atoms with Gasteiger partial charge in [0.2, 0.25) is 0 Å². The molecule has 102 valence electrons. The Hall–Kier alpha value is -2.33. The zero-order chi connectivity index (χ0) is 13.8. The smallest absolute Gasteiger partial charge is 0.120 e. The van der Waals surface area contributed by atoms with Crippen molar-refractivity contribution in [2.75, 3.05) is 13.7 Å². The summed E-state index contributed by atoms with van der Waals surface area (Å²) in [5.74, 6) is 0.817. The van der Waals surface area contributed by atoms with Gasteiger partial charge in [0.15, 0.2) is 0 Å². The van der Waals surface area contributed by atoms with E-state index in [9.17, 15) is 0 Å². The molecule has 0 spiro atoms. The van der Waals surface area contributed by atoms with Crippen LogP contribution in [-0.4, -0.2) is 23.9 Å². The van der Waals surface area contributed by atoms with Crippen molar-refractivity contribution in [1.82, 2.24) is 10.2 Å². The SMILES string of the molecule is COC(COc1ccc2[nH]ncc2c1)c1ccccc1. The number of hydrogen-bond donors (Lipinski definition) is 1. The molecule has 3 rings (SSSR count). The van der Waals surface area contributed by atoms with Gasteiger partial charge in [0.05, 0.1) is 11.7 Å². The molecular formula is C16H16N2O2. The van der Waals surface area contributed by atoms with Crippen molar-refractivity contribution >= 4 is 10.9 Å². The quantitative estimate of drug-likeness (QED) is 0.772. The minimum Gasteiger partial charge on any atom is -0.490 e. The highest BCUT2D eigenvalue weighted by atomic mass is 16.5. The molecule has 1 atom stereocenters. The Balaban J connectivity index is 1.71. The van der Waals surface area contributed by atoms with E-state index in [1.807, 2.05) is 48.5 Å². The van der Waals surface area contributed by atoms with Gasteiger partial charge in [0.25, 0.3) is 0 Å². The highest BCUT2D eigenvalue weighted by Gasteiger charge is 2.11. The average molecular weight is 268 g/mol. The molecule has 0 saturated heterocycles. The van der Waals surface area contributed by atoms with E-state index >= 15 is 0 Å². The Bertz CT molecular complexity index is 679. The summed E-state index contributed by atoms with van der Waals surface area (Å²) in [5, 5.41) is 7.95. The Morgan fingerprint density at radius 1 is 1.15 bits per heavy atom. The number of fused-ring (bicyclic) bond motifs is 1. The largest absolute Gasteiger partial charge is 0.490 e. The lowest BCUT2D eigenvalue weighted by Gasteiger charge is -2.16. The van der Waals surface area contributed by atoms with E-state index in [1.54, 1.807) is 13.3 Å². The number of aromatic amines is 1. The van der Waals surface area contributed by atoms with Crippen LogP contribution in [0.5, 0.6) is 5.75 Å². The fourth-order valence-electron chi connectivity index (χ4n) is 2.15. The first-order chi connectivity index (χ1) is 9.86. The van der Waals surface area contributed by atoms with Gasteiger partial charge in [0, 0.05) is 12.5 Å². The molecule has 0 aliphatic carbocycles. The van der Waals surface area contributed by atoms with E-state index in [0.29, 0.717) is 6.61 Å². The van der Waals surface area contributed by atoms with Crippen molar-refractivity contribution in [3.05, 3.63) is 60.3 Å². The van der Waals surface area contributed by atoms with E-state index in [4.69, 9.17) is 9.47 Å². The first-order valence-electron chi connectivity index (χ1n) is 6.50. The minimum atomic E-state index is -0.0729. The van der Waals surface area contributed by atoms with Gasteiger partial charge >= 0.3 is 0 Å². The summed E-state index contributed by atoms with van der Waals surface area (Å²) in [6, 6.07) is 15.9. The Kier molecular flexibility index (Phi) is 3.65. The van der Waals surface area contributed by atoms with Crippen molar-refractivity contribution in [2.45, 2.75) is 6.10 Å². The normalized spacial score (nSPS) is 12.4.